The van der Waals surface area contributed by atoms with Crippen molar-refractivity contribution in [3.63, 3.8) is 0 Å². The van der Waals surface area contributed by atoms with E-state index in [0.717, 1.165) is 13.0 Å². The van der Waals surface area contributed by atoms with Gasteiger partial charge in [0.25, 0.3) is 0 Å². The summed E-state index contributed by atoms with van der Waals surface area (Å²) >= 11 is 0. The standard InChI is InChI=1S/C18H21NO/c1-12-7-8-15(13(2)9-12)11-19-18-16-6-4-3-5-14(16)10-17(18)20/h3-9,17-20H,10-11H2,1-2H3/t17-,18+/m1/s1. The van der Waals surface area contributed by atoms with E-state index >= 15 is 0 Å². The maximum absolute atomic E-state index is 10.2. The average molecular weight is 267 g/mol. The molecule has 2 nitrogen and oxygen atoms in total. The average Bonchev–Trinajstić information content (AvgIpc) is 2.74. The fraction of sp³-hybridized carbons (Fsp3) is 0.333. The molecule has 0 amide bonds. The van der Waals surface area contributed by atoms with Gasteiger partial charge in [0.05, 0.1) is 12.1 Å². The summed E-state index contributed by atoms with van der Waals surface area (Å²) in [5.74, 6) is 0. The van der Waals surface area contributed by atoms with Gasteiger partial charge >= 0.3 is 0 Å². The molecule has 2 aromatic carbocycles. The molecule has 0 saturated carbocycles. The number of fused-ring (bicyclic) bond motifs is 1. The molecule has 1 aliphatic rings. The van der Waals surface area contributed by atoms with Gasteiger partial charge in [-0.2, -0.15) is 0 Å². The van der Waals surface area contributed by atoms with E-state index < -0.39 is 0 Å². The summed E-state index contributed by atoms with van der Waals surface area (Å²) < 4.78 is 0. The molecule has 20 heavy (non-hydrogen) atoms. The number of benzene rings is 2. The molecule has 0 spiro atoms. The molecule has 104 valence electrons. The van der Waals surface area contributed by atoms with Crippen molar-refractivity contribution in [2.24, 2.45) is 0 Å². The molecular formula is C18H21NO. The van der Waals surface area contributed by atoms with Gasteiger partial charge in [0.15, 0.2) is 0 Å². The van der Waals surface area contributed by atoms with Crippen molar-refractivity contribution in [3.8, 4) is 0 Å². The number of aryl methyl sites for hydroxylation is 2. The van der Waals surface area contributed by atoms with Crippen LogP contribution in [-0.4, -0.2) is 11.2 Å². The Morgan fingerprint density at radius 3 is 2.75 bits per heavy atom. The summed E-state index contributed by atoms with van der Waals surface area (Å²) in [6.45, 7) is 5.05. The lowest BCUT2D eigenvalue weighted by atomic mass is 10.0. The van der Waals surface area contributed by atoms with Crippen LogP contribution in [0.2, 0.25) is 0 Å². The molecule has 0 saturated heterocycles. The summed E-state index contributed by atoms with van der Waals surface area (Å²) in [6.07, 6.45) is 0.430. The second kappa shape index (κ2) is 5.39. The van der Waals surface area contributed by atoms with E-state index in [0.29, 0.717) is 0 Å². The van der Waals surface area contributed by atoms with Crippen molar-refractivity contribution >= 4 is 0 Å². The van der Waals surface area contributed by atoms with E-state index in [1.807, 2.05) is 12.1 Å². The van der Waals surface area contributed by atoms with Crippen LogP contribution in [0.1, 0.15) is 33.9 Å². The third kappa shape index (κ3) is 2.49. The molecule has 0 fully saturated rings. The van der Waals surface area contributed by atoms with E-state index in [1.54, 1.807) is 0 Å². The first-order valence-corrected chi connectivity index (χ1v) is 7.20. The predicted octanol–water partition coefficient (Wildman–Crippen LogP) is 3.05. The Hall–Kier alpha value is -1.64. The number of aliphatic hydroxyl groups excluding tert-OH is 1. The number of hydrogen-bond donors (Lipinski definition) is 2. The van der Waals surface area contributed by atoms with Gasteiger partial charge in [-0.3, -0.25) is 0 Å². The molecule has 0 unspecified atom stereocenters. The Morgan fingerprint density at radius 1 is 1.15 bits per heavy atom. The van der Waals surface area contributed by atoms with Crippen LogP contribution in [0.3, 0.4) is 0 Å². The number of rotatable bonds is 3. The van der Waals surface area contributed by atoms with Gasteiger partial charge in [0, 0.05) is 13.0 Å². The Balaban J connectivity index is 1.75. The monoisotopic (exact) mass is 267 g/mol. The van der Waals surface area contributed by atoms with Crippen LogP contribution in [-0.2, 0) is 13.0 Å². The zero-order chi connectivity index (χ0) is 14.1. The lowest BCUT2D eigenvalue weighted by Gasteiger charge is -2.19. The van der Waals surface area contributed by atoms with Crippen LogP contribution < -0.4 is 5.32 Å². The fourth-order valence-corrected chi connectivity index (χ4v) is 3.08. The van der Waals surface area contributed by atoms with Crippen molar-refractivity contribution < 1.29 is 5.11 Å². The Kier molecular flexibility index (Phi) is 3.60. The fourth-order valence-electron chi connectivity index (χ4n) is 3.08. The zero-order valence-electron chi connectivity index (χ0n) is 12.1. The van der Waals surface area contributed by atoms with Crippen molar-refractivity contribution in [1.29, 1.82) is 0 Å². The van der Waals surface area contributed by atoms with Crippen molar-refractivity contribution in [2.45, 2.75) is 39.0 Å². The van der Waals surface area contributed by atoms with Gasteiger partial charge in [-0.05, 0) is 36.1 Å². The summed E-state index contributed by atoms with van der Waals surface area (Å²) in [6, 6.07) is 14.9. The van der Waals surface area contributed by atoms with Crippen LogP contribution in [0, 0.1) is 13.8 Å². The minimum atomic E-state index is -0.321. The molecule has 0 aliphatic heterocycles. The molecule has 2 aromatic rings. The molecule has 0 bridgehead atoms. The Bertz CT molecular complexity index is 621. The van der Waals surface area contributed by atoms with Crippen LogP contribution >= 0.6 is 0 Å². The number of hydrogen-bond acceptors (Lipinski definition) is 2. The SMILES string of the molecule is Cc1ccc(CN[C@H]2c3ccccc3C[C@H]2O)c(C)c1. The van der Waals surface area contributed by atoms with E-state index in [2.05, 4.69) is 49.5 Å². The van der Waals surface area contributed by atoms with Crippen molar-refractivity contribution in [2.75, 3.05) is 0 Å². The highest BCUT2D eigenvalue weighted by molar-refractivity contribution is 5.37. The third-order valence-electron chi connectivity index (χ3n) is 4.21. The molecule has 3 rings (SSSR count). The minimum Gasteiger partial charge on any atom is -0.391 e. The first-order valence-electron chi connectivity index (χ1n) is 7.20. The van der Waals surface area contributed by atoms with Gasteiger partial charge in [0.2, 0.25) is 0 Å². The third-order valence-corrected chi connectivity index (χ3v) is 4.21. The number of nitrogens with one attached hydrogen (secondary N) is 1. The molecule has 2 N–H and O–H groups in total. The highest BCUT2D eigenvalue weighted by Gasteiger charge is 2.30. The maximum atomic E-state index is 10.2. The van der Waals surface area contributed by atoms with Crippen molar-refractivity contribution in [3.05, 3.63) is 70.3 Å². The maximum Gasteiger partial charge on any atom is 0.0775 e. The molecular weight excluding hydrogens is 246 g/mol. The second-order valence-electron chi connectivity index (χ2n) is 5.76. The smallest absolute Gasteiger partial charge is 0.0775 e. The molecule has 2 atom stereocenters. The minimum absolute atomic E-state index is 0.0481. The second-order valence-corrected chi connectivity index (χ2v) is 5.76. The summed E-state index contributed by atoms with van der Waals surface area (Å²) in [5.41, 5.74) is 6.39. The highest BCUT2D eigenvalue weighted by Crippen LogP contribution is 2.31. The van der Waals surface area contributed by atoms with E-state index in [9.17, 15) is 5.11 Å². The Labute approximate surface area is 120 Å². The van der Waals surface area contributed by atoms with Gasteiger partial charge in [-0.1, -0.05) is 48.0 Å². The van der Waals surface area contributed by atoms with Crippen LogP contribution in [0.15, 0.2) is 42.5 Å². The summed E-state index contributed by atoms with van der Waals surface area (Å²) in [5, 5.41) is 13.8. The topological polar surface area (TPSA) is 32.3 Å². The van der Waals surface area contributed by atoms with Crippen LogP contribution in [0.4, 0.5) is 0 Å². The summed E-state index contributed by atoms with van der Waals surface area (Å²) in [4.78, 5) is 0. The van der Waals surface area contributed by atoms with Crippen LogP contribution in [0.25, 0.3) is 0 Å². The largest absolute Gasteiger partial charge is 0.391 e. The predicted molar refractivity (Wildman–Crippen MR) is 81.6 cm³/mol. The van der Waals surface area contributed by atoms with E-state index in [4.69, 9.17) is 0 Å². The zero-order valence-corrected chi connectivity index (χ0v) is 12.1. The Morgan fingerprint density at radius 2 is 1.95 bits per heavy atom. The van der Waals surface area contributed by atoms with Crippen molar-refractivity contribution in [1.82, 2.24) is 5.32 Å². The quantitative estimate of drug-likeness (QED) is 0.896. The number of aliphatic hydroxyl groups is 1. The lowest BCUT2D eigenvalue weighted by molar-refractivity contribution is 0.140. The van der Waals surface area contributed by atoms with E-state index in [-0.39, 0.29) is 12.1 Å². The lowest BCUT2D eigenvalue weighted by Crippen LogP contribution is -2.28. The molecule has 2 heteroatoms. The summed E-state index contributed by atoms with van der Waals surface area (Å²) in [7, 11) is 0. The molecule has 1 aliphatic carbocycles. The molecule has 0 radical (unpaired) electrons. The van der Waals surface area contributed by atoms with Gasteiger partial charge in [-0.25, -0.2) is 0 Å². The van der Waals surface area contributed by atoms with Crippen LogP contribution in [0.5, 0.6) is 0 Å². The molecule has 0 heterocycles. The van der Waals surface area contributed by atoms with Gasteiger partial charge in [0.1, 0.15) is 0 Å². The highest BCUT2D eigenvalue weighted by atomic mass is 16.3. The first-order chi connectivity index (χ1) is 9.65. The normalized spacial score (nSPS) is 20.9. The first kappa shape index (κ1) is 13.3. The van der Waals surface area contributed by atoms with Gasteiger partial charge < -0.3 is 10.4 Å². The van der Waals surface area contributed by atoms with Gasteiger partial charge in [-0.15, -0.1) is 0 Å². The molecule has 0 aromatic heterocycles. The van der Waals surface area contributed by atoms with E-state index in [1.165, 1.54) is 27.8 Å².